The monoisotopic (exact) mass is 520 g/mol. The van der Waals surface area contributed by atoms with Crippen molar-refractivity contribution >= 4 is 0 Å². The third kappa shape index (κ3) is 7.68. The fraction of sp³-hybridized carbons (Fsp3) is 0.273. The van der Waals surface area contributed by atoms with E-state index in [1.165, 1.54) is 11.1 Å². The minimum absolute atomic E-state index is 0.901. The maximum atomic E-state index is 5.23. The van der Waals surface area contributed by atoms with Crippen LogP contribution in [0.4, 0.5) is 0 Å². The average molecular weight is 519 g/mol. The summed E-state index contributed by atoms with van der Waals surface area (Å²) in [6.07, 6.45) is 3.75. The van der Waals surface area contributed by atoms with Crippen molar-refractivity contribution in [3.63, 3.8) is 0 Å². The van der Waals surface area contributed by atoms with Gasteiger partial charge in [-0.3, -0.25) is 0 Å². The molecule has 0 bridgehead atoms. The number of hydrogen-bond donors (Lipinski definition) is 0. The summed E-state index contributed by atoms with van der Waals surface area (Å²) in [5, 5.41) is 0. The first-order chi connectivity index (χ1) is 12.3. The Balaban J connectivity index is 1.66. The summed E-state index contributed by atoms with van der Waals surface area (Å²) >= 11 is -1.32. The van der Waals surface area contributed by atoms with Crippen LogP contribution in [0.25, 0.3) is 0 Å². The molecule has 0 atom stereocenters. The van der Waals surface area contributed by atoms with Crippen LogP contribution in [-0.2, 0) is 37.4 Å². The number of aryl methyl sites for hydroxylation is 2. The SMILES string of the molecule is COc1cccc(CCC#[C][Hg][C]#CCCc2cccc(OC)c2)c1. The van der Waals surface area contributed by atoms with Gasteiger partial charge in [0.05, 0.1) is 0 Å². The number of benzene rings is 2. The van der Waals surface area contributed by atoms with E-state index in [0.717, 1.165) is 37.2 Å². The molecule has 25 heavy (non-hydrogen) atoms. The first kappa shape index (κ1) is 19.4. The van der Waals surface area contributed by atoms with E-state index in [1.807, 2.05) is 24.3 Å². The summed E-state index contributed by atoms with van der Waals surface area (Å²) in [7, 11) is 3.39. The van der Waals surface area contributed by atoms with Crippen LogP contribution < -0.4 is 9.47 Å². The second-order valence-electron chi connectivity index (χ2n) is 5.59. The average Bonchev–Trinajstić information content (AvgIpc) is 2.67. The van der Waals surface area contributed by atoms with Crippen molar-refractivity contribution in [1.82, 2.24) is 0 Å². The van der Waals surface area contributed by atoms with E-state index in [-0.39, 0.29) is 0 Å². The molecule has 0 aromatic heterocycles. The summed E-state index contributed by atoms with van der Waals surface area (Å²) in [4.78, 5) is 0. The molecule has 2 aromatic rings. The van der Waals surface area contributed by atoms with E-state index < -0.39 is 24.6 Å². The molecule has 0 heterocycles. The Morgan fingerprint density at radius 3 is 1.68 bits per heavy atom. The number of methoxy groups -OCH3 is 2. The summed E-state index contributed by atoms with van der Waals surface area (Å²) in [5.41, 5.74) is 2.55. The van der Waals surface area contributed by atoms with Crippen LogP contribution in [0, 0.1) is 18.7 Å². The molecule has 0 aliphatic heterocycles. The van der Waals surface area contributed by atoms with Gasteiger partial charge < -0.3 is 0 Å². The minimum atomic E-state index is -1.32. The first-order valence-corrected chi connectivity index (χ1v) is 14.0. The second-order valence-corrected chi connectivity index (χ2v) is 9.71. The zero-order valence-corrected chi connectivity index (χ0v) is 20.5. The van der Waals surface area contributed by atoms with Gasteiger partial charge in [0.25, 0.3) is 0 Å². The zero-order valence-electron chi connectivity index (χ0n) is 15.0. The van der Waals surface area contributed by atoms with E-state index in [1.54, 1.807) is 14.2 Å². The molecule has 0 saturated heterocycles. The Labute approximate surface area is 163 Å². The van der Waals surface area contributed by atoms with Crippen LogP contribution in [0.5, 0.6) is 11.5 Å². The molecule has 3 heteroatoms. The topological polar surface area (TPSA) is 18.5 Å². The Bertz CT molecular complexity index is 723. The van der Waals surface area contributed by atoms with E-state index in [4.69, 9.17) is 9.47 Å². The normalized spacial score (nSPS) is 9.04. The number of rotatable bonds is 6. The van der Waals surface area contributed by atoms with Crippen molar-refractivity contribution in [2.45, 2.75) is 25.7 Å². The molecule has 0 aliphatic rings. The molecule has 0 radical (unpaired) electrons. The number of hydrogen-bond acceptors (Lipinski definition) is 2. The Morgan fingerprint density at radius 1 is 0.760 bits per heavy atom. The molecule has 0 unspecified atom stereocenters. The van der Waals surface area contributed by atoms with Gasteiger partial charge in [-0.1, -0.05) is 0 Å². The van der Waals surface area contributed by atoms with E-state index in [2.05, 4.69) is 43.0 Å². The van der Waals surface area contributed by atoms with Gasteiger partial charge in [-0.15, -0.1) is 0 Å². The molecule has 2 rings (SSSR count). The molecule has 0 aliphatic carbocycles. The van der Waals surface area contributed by atoms with Crippen molar-refractivity contribution in [2.24, 2.45) is 0 Å². The predicted molar refractivity (Wildman–Crippen MR) is 98.2 cm³/mol. The van der Waals surface area contributed by atoms with E-state index >= 15 is 0 Å². The summed E-state index contributed by atoms with van der Waals surface area (Å²) in [6, 6.07) is 16.4. The summed E-state index contributed by atoms with van der Waals surface area (Å²) in [6.45, 7) is 0. The van der Waals surface area contributed by atoms with Crippen molar-refractivity contribution < 1.29 is 34.0 Å². The van der Waals surface area contributed by atoms with E-state index in [9.17, 15) is 0 Å². The third-order valence-corrected chi connectivity index (χ3v) is 7.09. The summed E-state index contributed by atoms with van der Waals surface area (Å²) < 4.78 is 17.2. The van der Waals surface area contributed by atoms with Crippen LogP contribution >= 0.6 is 0 Å². The Morgan fingerprint density at radius 2 is 1.24 bits per heavy atom. The van der Waals surface area contributed by atoms with Crippen molar-refractivity contribution in [3.05, 3.63) is 59.7 Å². The first-order valence-electron chi connectivity index (χ1n) is 8.49. The molecule has 0 fully saturated rings. The van der Waals surface area contributed by atoms with Crippen LogP contribution in [0.1, 0.15) is 24.0 Å². The third-order valence-electron chi connectivity index (χ3n) is 3.77. The van der Waals surface area contributed by atoms with Crippen molar-refractivity contribution in [1.29, 1.82) is 0 Å². The fourth-order valence-corrected chi connectivity index (χ4v) is 5.11. The van der Waals surface area contributed by atoms with Gasteiger partial charge in [0.2, 0.25) is 0 Å². The van der Waals surface area contributed by atoms with Gasteiger partial charge in [-0.2, -0.15) is 0 Å². The van der Waals surface area contributed by atoms with Crippen LogP contribution in [0.3, 0.4) is 0 Å². The van der Waals surface area contributed by atoms with Crippen LogP contribution in [0.15, 0.2) is 48.5 Å². The molecule has 124 valence electrons. The molecule has 0 amide bonds. The summed E-state index contributed by atoms with van der Waals surface area (Å²) in [5.74, 6) is 8.39. The predicted octanol–water partition coefficient (Wildman–Crippen LogP) is 4.27. The quantitative estimate of drug-likeness (QED) is 0.420. The Hall–Kier alpha value is -1.90. The van der Waals surface area contributed by atoms with Gasteiger partial charge in [0, 0.05) is 0 Å². The molecule has 0 N–H and O–H groups in total. The molecule has 0 spiro atoms. The Kier molecular flexibility index (Phi) is 9.02. The van der Waals surface area contributed by atoms with Gasteiger partial charge in [0.15, 0.2) is 0 Å². The standard InChI is InChI=1S/2C11H11O.Hg/c2*1-3-4-6-10-7-5-8-11(9-10)12-2;/h2*5,7-9H,4,6H2,2H3;. The fourth-order valence-electron chi connectivity index (χ4n) is 2.42. The van der Waals surface area contributed by atoms with Crippen molar-refractivity contribution in [3.8, 4) is 30.2 Å². The van der Waals surface area contributed by atoms with E-state index in [0.29, 0.717) is 0 Å². The van der Waals surface area contributed by atoms with Gasteiger partial charge in [0.1, 0.15) is 0 Å². The molecule has 2 nitrogen and oxygen atoms in total. The van der Waals surface area contributed by atoms with Gasteiger partial charge >= 0.3 is 164 Å². The van der Waals surface area contributed by atoms with Crippen molar-refractivity contribution in [2.75, 3.05) is 14.2 Å². The molecule has 0 saturated carbocycles. The maximum absolute atomic E-state index is 5.23. The van der Waals surface area contributed by atoms with Gasteiger partial charge in [-0.05, 0) is 0 Å². The number of ether oxygens (including phenoxy) is 2. The van der Waals surface area contributed by atoms with Gasteiger partial charge in [-0.25, -0.2) is 0 Å². The second kappa shape index (κ2) is 11.6. The van der Waals surface area contributed by atoms with Crippen LogP contribution in [-0.4, -0.2) is 14.2 Å². The molecule has 2 aromatic carbocycles. The van der Waals surface area contributed by atoms with Crippen LogP contribution in [0.2, 0.25) is 0 Å². The molecular weight excluding hydrogens is 497 g/mol. The zero-order chi connectivity index (χ0) is 17.7. The molecular formula is C22H22HgO2.